The van der Waals surface area contributed by atoms with E-state index in [1.165, 1.54) is 104 Å². The normalized spacial score (nSPS) is 14.3. The van der Waals surface area contributed by atoms with Gasteiger partial charge in [-0.1, -0.05) is 158 Å². The van der Waals surface area contributed by atoms with E-state index in [9.17, 15) is 0 Å². The minimum atomic E-state index is -0.286. The summed E-state index contributed by atoms with van der Waals surface area (Å²) in [5.74, 6) is 0. The average Bonchev–Trinajstić information content (AvgIpc) is 4.24. The lowest BCUT2D eigenvalue weighted by Gasteiger charge is -2.45. The first kappa shape index (κ1) is 46.7. The van der Waals surface area contributed by atoms with Crippen LogP contribution < -0.4 is 30.4 Å². The summed E-state index contributed by atoms with van der Waals surface area (Å²) < 4.78 is 9.96. The monoisotopic (exact) mass is 1000 g/mol. The van der Waals surface area contributed by atoms with Crippen LogP contribution in [0.3, 0.4) is 0 Å². The Kier molecular flexibility index (Phi) is 10.1. The molecule has 372 valence electrons. The number of rotatable bonds is 5. The third-order valence-corrected chi connectivity index (χ3v) is 18.1. The molecule has 3 aliphatic rings. The van der Waals surface area contributed by atoms with Gasteiger partial charge in [-0.15, -0.1) is 11.3 Å². The van der Waals surface area contributed by atoms with E-state index in [1.807, 2.05) is 11.3 Å². The van der Waals surface area contributed by atoms with E-state index in [4.69, 9.17) is 4.42 Å². The lowest BCUT2D eigenvalue weighted by molar-refractivity contribution is 0.590. The van der Waals surface area contributed by atoms with Gasteiger partial charge in [-0.3, -0.25) is 0 Å². The van der Waals surface area contributed by atoms with Crippen molar-refractivity contribution in [2.45, 2.75) is 92.4 Å². The summed E-state index contributed by atoms with van der Waals surface area (Å²) >= 11 is 1.99. The van der Waals surface area contributed by atoms with Crippen molar-refractivity contribution in [2.24, 2.45) is 0 Å². The van der Waals surface area contributed by atoms with Gasteiger partial charge in [0.1, 0.15) is 5.58 Å². The molecule has 9 aromatic carbocycles. The van der Waals surface area contributed by atoms with E-state index in [-0.39, 0.29) is 23.0 Å². The minimum absolute atomic E-state index is 0.0142. The predicted octanol–water partition coefficient (Wildman–Crippen LogP) is 18.2. The van der Waals surface area contributed by atoms with Crippen LogP contribution in [-0.2, 0) is 16.2 Å². The summed E-state index contributed by atoms with van der Waals surface area (Å²) in [6.45, 7) is 25.4. The Balaban J connectivity index is 1.11. The number of nitrogens with zero attached hydrogens (tertiary/aromatic N) is 3. The Labute approximate surface area is 452 Å². The molecule has 0 N–H and O–H groups in total. The van der Waals surface area contributed by atoms with Crippen molar-refractivity contribution >= 4 is 117 Å². The maximum absolute atomic E-state index is 7.26. The van der Waals surface area contributed by atoms with Gasteiger partial charge in [0.15, 0.2) is 5.58 Å². The van der Waals surface area contributed by atoms with E-state index in [0.29, 0.717) is 0 Å². The van der Waals surface area contributed by atoms with Crippen LogP contribution in [0.5, 0.6) is 0 Å². The number of hydrogen-bond acceptors (Lipinski definition) is 5. The fourth-order valence-electron chi connectivity index (χ4n) is 13.1. The lowest BCUT2D eigenvalue weighted by atomic mass is 9.34. The Morgan fingerprint density at radius 2 is 1.14 bits per heavy atom. The summed E-state index contributed by atoms with van der Waals surface area (Å²) in [6.07, 6.45) is 0. The standard InChI is InChI=1S/C70H62BN3OS/c1-41-20-27-46(28-21-41)72(47-29-22-42(2)23-30-47)56-36-35-54(61-51-17-13-15-19-59(51)75-66(56)61)74-55-34-33-50-49-16-12-14-18-53(49)70(10,11)62(50)64(55)71-63-57(38-43(3)39-58(63)74)73(48-31-24-44(25-32-48)68(4,5)6)65-52-40-45(69(7,8)9)26-37-60(52)76-67(65)71/h12-40H,1-11H3. The molecule has 4 heterocycles. The van der Waals surface area contributed by atoms with Gasteiger partial charge in [-0.2, -0.15) is 0 Å². The summed E-state index contributed by atoms with van der Waals surface area (Å²) in [7, 11) is 0. The fraction of sp³-hybridized carbons (Fsp3) is 0.200. The van der Waals surface area contributed by atoms with Crippen molar-refractivity contribution in [2.75, 3.05) is 14.7 Å². The fourth-order valence-corrected chi connectivity index (χ4v) is 14.4. The van der Waals surface area contributed by atoms with Crippen LogP contribution in [-0.4, -0.2) is 6.71 Å². The molecule has 4 nitrogen and oxygen atoms in total. The van der Waals surface area contributed by atoms with Crippen molar-refractivity contribution < 1.29 is 4.42 Å². The molecule has 0 unspecified atom stereocenters. The van der Waals surface area contributed by atoms with Crippen molar-refractivity contribution in [1.82, 2.24) is 0 Å². The largest absolute Gasteiger partial charge is 0.454 e. The number of thiophene rings is 1. The molecule has 0 saturated carbocycles. The molecule has 1 aliphatic carbocycles. The first-order chi connectivity index (χ1) is 36.5. The number of furan rings is 1. The van der Waals surface area contributed by atoms with Gasteiger partial charge >= 0.3 is 0 Å². The number of fused-ring (bicyclic) bond motifs is 13. The zero-order valence-corrected chi connectivity index (χ0v) is 46.3. The SMILES string of the molecule is Cc1ccc(N(c2ccc(C)cc2)c2ccc(N3c4cc(C)cc5c4B(c4sc6ccc(C(C)(C)C)cc6c4N5c4ccc(C(C)(C)C)cc4)c4c3ccc3c4C(C)(C)c4ccccc4-3)c3c2oc2ccccc23)cc1. The quantitative estimate of drug-likeness (QED) is 0.160. The zero-order chi connectivity index (χ0) is 52.3. The third kappa shape index (κ3) is 6.82. The van der Waals surface area contributed by atoms with Crippen LogP contribution in [0.4, 0.5) is 51.2 Å². The third-order valence-electron chi connectivity index (χ3n) is 16.9. The van der Waals surface area contributed by atoms with E-state index in [2.05, 4.69) is 267 Å². The van der Waals surface area contributed by atoms with Gasteiger partial charge in [0.2, 0.25) is 0 Å². The predicted molar refractivity (Wildman–Crippen MR) is 327 cm³/mol. The molecule has 2 aromatic heterocycles. The van der Waals surface area contributed by atoms with Gasteiger partial charge in [0, 0.05) is 59.8 Å². The second-order valence-corrected chi connectivity index (χ2v) is 25.5. The number of hydrogen-bond donors (Lipinski definition) is 0. The molecule has 14 rings (SSSR count). The van der Waals surface area contributed by atoms with Crippen LogP contribution in [0.25, 0.3) is 43.2 Å². The molecule has 0 bridgehead atoms. The summed E-state index contributed by atoms with van der Waals surface area (Å²) in [6, 6.07) is 66.7. The molecule has 0 radical (unpaired) electrons. The van der Waals surface area contributed by atoms with Crippen LogP contribution in [0, 0.1) is 20.8 Å². The number of para-hydroxylation sites is 1. The Morgan fingerprint density at radius 1 is 0.526 bits per heavy atom. The summed E-state index contributed by atoms with van der Waals surface area (Å²) in [4.78, 5) is 7.63. The topological polar surface area (TPSA) is 22.9 Å². The number of benzene rings is 9. The summed E-state index contributed by atoms with van der Waals surface area (Å²) in [5.41, 5.74) is 26.2. The van der Waals surface area contributed by atoms with Gasteiger partial charge in [-0.25, -0.2) is 0 Å². The van der Waals surface area contributed by atoms with Crippen molar-refractivity contribution in [3.05, 3.63) is 215 Å². The highest BCUT2D eigenvalue weighted by Gasteiger charge is 2.50. The minimum Gasteiger partial charge on any atom is -0.454 e. The molecule has 0 fully saturated rings. The van der Waals surface area contributed by atoms with Crippen LogP contribution >= 0.6 is 11.3 Å². The van der Waals surface area contributed by atoms with E-state index < -0.39 is 0 Å². The van der Waals surface area contributed by atoms with Crippen LogP contribution in [0.1, 0.15) is 94.3 Å². The molecule has 0 amide bonds. The molecule has 6 heteroatoms. The van der Waals surface area contributed by atoms with E-state index in [0.717, 1.165) is 44.7 Å². The molecule has 76 heavy (non-hydrogen) atoms. The second kappa shape index (κ2) is 16.4. The highest BCUT2D eigenvalue weighted by Crippen LogP contribution is 2.56. The van der Waals surface area contributed by atoms with Crippen molar-refractivity contribution in [3.63, 3.8) is 0 Å². The molecule has 0 atom stereocenters. The molecule has 11 aromatic rings. The van der Waals surface area contributed by atoms with Gasteiger partial charge in [0.25, 0.3) is 6.71 Å². The Bertz CT molecular complexity index is 4160. The van der Waals surface area contributed by atoms with Crippen molar-refractivity contribution in [1.29, 1.82) is 0 Å². The smallest absolute Gasteiger partial charge is 0.265 e. The Hall–Kier alpha value is -7.80. The first-order valence-corrected chi connectivity index (χ1v) is 27.8. The number of aryl methyl sites for hydroxylation is 3. The molecular weight excluding hydrogens is 942 g/mol. The van der Waals surface area contributed by atoms with E-state index >= 15 is 0 Å². The average molecular weight is 1000 g/mol. The molecular formula is C70H62BN3OS. The first-order valence-electron chi connectivity index (χ1n) is 27.0. The second-order valence-electron chi connectivity index (χ2n) is 24.4. The lowest BCUT2D eigenvalue weighted by Crippen LogP contribution is -2.62. The van der Waals surface area contributed by atoms with Gasteiger partial charge in [0.05, 0.1) is 22.4 Å². The molecule has 0 saturated heterocycles. The van der Waals surface area contributed by atoms with Crippen molar-refractivity contribution in [3.8, 4) is 11.1 Å². The maximum atomic E-state index is 7.26. The number of anilines is 9. The Morgan fingerprint density at radius 3 is 1.83 bits per heavy atom. The van der Waals surface area contributed by atoms with Crippen LogP contribution in [0.15, 0.2) is 180 Å². The zero-order valence-electron chi connectivity index (χ0n) is 45.5. The highest BCUT2D eigenvalue weighted by atomic mass is 32.1. The van der Waals surface area contributed by atoms with Gasteiger partial charge < -0.3 is 19.1 Å². The maximum Gasteiger partial charge on any atom is 0.265 e. The van der Waals surface area contributed by atoms with Gasteiger partial charge in [-0.05, 0) is 166 Å². The van der Waals surface area contributed by atoms with E-state index in [1.54, 1.807) is 0 Å². The summed E-state index contributed by atoms with van der Waals surface area (Å²) in [5, 5.41) is 3.49. The molecule has 0 spiro atoms. The van der Waals surface area contributed by atoms with Crippen LogP contribution in [0.2, 0.25) is 0 Å². The highest BCUT2D eigenvalue weighted by molar-refractivity contribution is 7.33. The molecule has 2 aliphatic heterocycles.